The van der Waals surface area contributed by atoms with Gasteiger partial charge >= 0.3 is 5.97 Å². The van der Waals surface area contributed by atoms with Crippen LogP contribution in [-0.2, 0) is 19.0 Å². The van der Waals surface area contributed by atoms with Crippen molar-refractivity contribution >= 4 is 23.3 Å². The SMILES string of the molecule is O=C(COC(=O)c1ccc(N2CCOCC2)c([N+](=O)[O-])c1)NCC1(N2CCOCC2)CCCCC1. The number of nitrogens with one attached hydrogen (secondary N) is 1. The first-order valence-corrected chi connectivity index (χ1v) is 12.4. The molecule has 11 heteroatoms. The van der Waals surface area contributed by atoms with Crippen LogP contribution in [0.5, 0.6) is 0 Å². The molecule has 192 valence electrons. The van der Waals surface area contributed by atoms with Crippen LogP contribution in [0, 0.1) is 10.1 Å². The van der Waals surface area contributed by atoms with Crippen LogP contribution < -0.4 is 10.2 Å². The number of carbonyl (C=O) groups excluding carboxylic acids is 2. The van der Waals surface area contributed by atoms with E-state index in [9.17, 15) is 19.7 Å². The summed E-state index contributed by atoms with van der Waals surface area (Å²) in [6.45, 7) is 5.22. The fourth-order valence-corrected chi connectivity index (χ4v) is 5.25. The van der Waals surface area contributed by atoms with Gasteiger partial charge in [0.15, 0.2) is 6.61 Å². The largest absolute Gasteiger partial charge is 0.452 e. The van der Waals surface area contributed by atoms with Crippen LogP contribution >= 0.6 is 0 Å². The molecule has 4 rings (SSSR count). The molecule has 0 atom stereocenters. The Bertz CT molecular complexity index is 907. The number of morpholine rings is 2. The molecule has 0 aromatic heterocycles. The van der Waals surface area contributed by atoms with E-state index in [1.54, 1.807) is 6.07 Å². The highest BCUT2D eigenvalue weighted by atomic mass is 16.6. The van der Waals surface area contributed by atoms with Gasteiger partial charge in [-0.15, -0.1) is 0 Å². The Morgan fingerprint density at radius 2 is 1.69 bits per heavy atom. The fourth-order valence-electron chi connectivity index (χ4n) is 5.25. The molecule has 3 aliphatic rings. The average Bonchev–Trinajstić information content (AvgIpc) is 2.91. The van der Waals surface area contributed by atoms with Gasteiger partial charge in [-0.2, -0.15) is 0 Å². The molecule has 1 amide bonds. The monoisotopic (exact) mass is 490 g/mol. The molecule has 1 saturated carbocycles. The van der Waals surface area contributed by atoms with Crippen LogP contribution in [0.1, 0.15) is 42.5 Å². The highest BCUT2D eigenvalue weighted by Gasteiger charge is 2.38. The minimum absolute atomic E-state index is 0.0403. The number of nitro groups is 1. The van der Waals surface area contributed by atoms with Crippen LogP contribution in [0.25, 0.3) is 0 Å². The molecule has 0 spiro atoms. The van der Waals surface area contributed by atoms with Crippen molar-refractivity contribution in [2.24, 2.45) is 0 Å². The summed E-state index contributed by atoms with van der Waals surface area (Å²) in [5, 5.41) is 14.6. The summed E-state index contributed by atoms with van der Waals surface area (Å²) in [5.74, 6) is -1.15. The minimum Gasteiger partial charge on any atom is -0.452 e. The van der Waals surface area contributed by atoms with Gasteiger partial charge in [-0.3, -0.25) is 19.8 Å². The van der Waals surface area contributed by atoms with Gasteiger partial charge in [0.05, 0.1) is 36.9 Å². The number of esters is 1. The second-order valence-corrected chi connectivity index (χ2v) is 9.30. The molecule has 1 aliphatic carbocycles. The topological polar surface area (TPSA) is 123 Å². The van der Waals surface area contributed by atoms with Crippen molar-refractivity contribution in [2.75, 3.05) is 70.7 Å². The van der Waals surface area contributed by atoms with Crippen molar-refractivity contribution < 1.29 is 28.7 Å². The molecular formula is C24H34N4O7. The molecule has 2 saturated heterocycles. The standard InChI is InChI=1S/C24H34N4O7/c29-22(25-18-24(6-2-1-3-7-24)27-10-14-34-15-11-27)17-35-23(30)19-4-5-20(21(16-19)28(31)32)26-8-12-33-13-9-26/h4-5,16H,1-3,6-15,17-18H2,(H,25,29). The Hall–Kier alpha value is -2.76. The summed E-state index contributed by atoms with van der Waals surface area (Å²) in [6, 6.07) is 4.25. The lowest BCUT2D eigenvalue weighted by Gasteiger charge is -2.48. The Morgan fingerprint density at radius 1 is 1.03 bits per heavy atom. The van der Waals surface area contributed by atoms with Crippen LogP contribution in [0.4, 0.5) is 11.4 Å². The number of hydrogen-bond acceptors (Lipinski definition) is 9. The van der Waals surface area contributed by atoms with E-state index >= 15 is 0 Å². The molecule has 3 fully saturated rings. The molecule has 11 nitrogen and oxygen atoms in total. The lowest BCUT2D eigenvalue weighted by Crippen LogP contribution is -2.59. The second-order valence-electron chi connectivity index (χ2n) is 9.30. The van der Waals surface area contributed by atoms with Gasteiger partial charge in [-0.05, 0) is 25.0 Å². The van der Waals surface area contributed by atoms with E-state index in [0.717, 1.165) is 38.8 Å². The smallest absolute Gasteiger partial charge is 0.338 e. The van der Waals surface area contributed by atoms with Crippen molar-refractivity contribution in [3.05, 3.63) is 33.9 Å². The lowest BCUT2D eigenvalue weighted by molar-refractivity contribution is -0.384. The number of amides is 1. The first kappa shape index (κ1) is 25.3. The molecule has 0 bridgehead atoms. The van der Waals surface area contributed by atoms with Crippen molar-refractivity contribution in [1.29, 1.82) is 0 Å². The summed E-state index contributed by atoms with van der Waals surface area (Å²) in [7, 11) is 0. The number of benzene rings is 1. The van der Waals surface area contributed by atoms with Crippen LogP contribution in [0.15, 0.2) is 18.2 Å². The van der Waals surface area contributed by atoms with Crippen molar-refractivity contribution in [2.45, 2.75) is 37.6 Å². The van der Waals surface area contributed by atoms with Crippen molar-refractivity contribution in [3.8, 4) is 0 Å². The molecular weight excluding hydrogens is 456 g/mol. The predicted molar refractivity (Wildman–Crippen MR) is 128 cm³/mol. The summed E-state index contributed by atoms with van der Waals surface area (Å²) in [4.78, 5) is 40.5. The van der Waals surface area contributed by atoms with Gasteiger partial charge in [-0.1, -0.05) is 19.3 Å². The van der Waals surface area contributed by atoms with Crippen molar-refractivity contribution in [3.63, 3.8) is 0 Å². The van der Waals surface area contributed by atoms with Gasteiger partial charge in [0.1, 0.15) is 5.69 Å². The summed E-state index contributed by atoms with van der Waals surface area (Å²) < 4.78 is 16.0. The Labute approximate surface area is 204 Å². The molecule has 1 aromatic rings. The third-order valence-corrected chi connectivity index (χ3v) is 7.17. The molecule has 35 heavy (non-hydrogen) atoms. The molecule has 1 aromatic carbocycles. The van der Waals surface area contributed by atoms with Gasteiger partial charge < -0.3 is 24.4 Å². The highest BCUT2D eigenvalue weighted by Crippen LogP contribution is 2.34. The summed E-state index contributed by atoms with van der Waals surface area (Å²) in [5.41, 5.74) is 0.222. The van der Waals surface area contributed by atoms with Gasteiger partial charge in [0.2, 0.25) is 0 Å². The Balaban J connectivity index is 1.33. The zero-order valence-corrected chi connectivity index (χ0v) is 20.0. The highest BCUT2D eigenvalue weighted by molar-refractivity contribution is 5.93. The lowest BCUT2D eigenvalue weighted by atomic mass is 9.79. The second kappa shape index (κ2) is 11.8. The normalized spacial score (nSPS) is 20.7. The zero-order valence-electron chi connectivity index (χ0n) is 20.0. The molecule has 0 radical (unpaired) electrons. The predicted octanol–water partition coefficient (Wildman–Crippen LogP) is 1.74. The number of rotatable bonds is 8. The van der Waals surface area contributed by atoms with Crippen molar-refractivity contribution in [1.82, 2.24) is 10.2 Å². The first-order valence-electron chi connectivity index (χ1n) is 12.4. The number of nitro benzene ring substituents is 1. The molecule has 2 heterocycles. The molecule has 0 unspecified atom stereocenters. The van der Waals surface area contributed by atoms with Gasteiger partial charge in [-0.25, -0.2) is 4.79 Å². The van der Waals surface area contributed by atoms with E-state index in [0.29, 0.717) is 51.7 Å². The van der Waals surface area contributed by atoms with E-state index in [2.05, 4.69) is 10.2 Å². The fraction of sp³-hybridized carbons (Fsp3) is 0.667. The zero-order chi connectivity index (χ0) is 24.7. The van der Waals surface area contributed by atoms with Gasteiger partial charge in [0.25, 0.3) is 11.6 Å². The maximum atomic E-state index is 12.5. The third-order valence-electron chi connectivity index (χ3n) is 7.17. The molecule has 1 N–H and O–H groups in total. The van der Waals surface area contributed by atoms with E-state index < -0.39 is 17.5 Å². The maximum absolute atomic E-state index is 12.5. The molecule has 2 aliphatic heterocycles. The quantitative estimate of drug-likeness (QED) is 0.330. The van der Waals surface area contributed by atoms with Crippen LogP contribution in [0.2, 0.25) is 0 Å². The van der Waals surface area contributed by atoms with Gasteiger partial charge in [0, 0.05) is 44.3 Å². The maximum Gasteiger partial charge on any atom is 0.338 e. The number of anilines is 1. The summed E-state index contributed by atoms with van der Waals surface area (Å²) in [6.07, 6.45) is 5.50. The Morgan fingerprint density at radius 3 is 2.34 bits per heavy atom. The van der Waals surface area contributed by atoms with Crippen LogP contribution in [-0.4, -0.2) is 93.0 Å². The van der Waals surface area contributed by atoms with E-state index in [4.69, 9.17) is 14.2 Å². The third kappa shape index (κ3) is 6.28. The number of nitrogens with zero attached hydrogens (tertiary/aromatic N) is 3. The number of hydrogen-bond donors (Lipinski definition) is 1. The van der Waals surface area contributed by atoms with E-state index in [-0.39, 0.29) is 22.7 Å². The average molecular weight is 491 g/mol. The Kier molecular flexibility index (Phi) is 8.53. The minimum atomic E-state index is -0.766. The van der Waals surface area contributed by atoms with Crippen LogP contribution in [0.3, 0.4) is 0 Å². The first-order chi connectivity index (χ1) is 17.0. The van der Waals surface area contributed by atoms with E-state index in [1.165, 1.54) is 18.6 Å². The number of carbonyl (C=O) groups is 2. The van der Waals surface area contributed by atoms with E-state index in [1.807, 2.05) is 4.90 Å². The summed E-state index contributed by atoms with van der Waals surface area (Å²) >= 11 is 0. The number of ether oxygens (including phenoxy) is 3.